The van der Waals surface area contributed by atoms with Crippen LogP contribution in [0.1, 0.15) is 25.7 Å². The van der Waals surface area contributed by atoms with Crippen LogP contribution >= 0.6 is 43.2 Å². The number of thiophene rings is 1. The van der Waals surface area contributed by atoms with Crippen molar-refractivity contribution in [2.45, 2.75) is 18.7 Å². The maximum atomic E-state index is 5.38. The van der Waals surface area contributed by atoms with E-state index in [2.05, 4.69) is 70.0 Å². The van der Waals surface area contributed by atoms with Crippen LogP contribution in [-0.2, 0) is 0 Å². The fourth-order valence-corrected chi connectivity index (χ4v) is 4.82. The second-order valence-electron chi connectivity index (χ2n) is 4.16. The Morgan fingerprint density at radius 2 is 1.94 bits per heavy atom. The summed E-state index contributed by atoms with van der Waals surface area (Å²) in [6, 6.07) is 8.48. The molecule has 1 unspecified atom stereocenters. The Hall–Kier alpha value is -0.320. The normalized spacial score (nSPS) is 12.5. The van der Waals surface area contributed by atoms with Gasteiger partial charge in [-0.2, -0.15) is 0 Å². The van der Waals surface area contributed by atoms with Crippen LogP contribution in [-0.4, -0.2) is 7.11 Å². The van der Waals surface area contributed by atoms with Gasteiger partial charge < -0.3 is 4.74 Å². The molecule has 4 heteroatoms. The predicted molar refractivity (Wildman–Crippen MR) is 85.3 cm³/mol. The number of aryl methyl sites for hydroxylation is 2. The summed E-state index contributed by atoms with van der Waals surface area (Å²) in [5.41, 5.74) is 2.36. The Morgan fingerprint density at radius 3 is 2.50 bits per heavy atom. The van der Waals surface area contributed by atoms with Crippen molar-refractivity contribution in [1.29, 1.82) is 0 Å². The summed E-state index contributed by atoms with van der Waals surface area (Å²) in [5, 5.41) is 0. The van der Waals surface area contributed by atoms with Gasteiger partial charge in [-0.15, -0.1) is 11.3 Å². The van der Waals surface area contributed by atoms with Gasteiger partial charge in [0.25, 0.3) is 0 Å². The third kappa shape index (κ3) is 2.81. The van der Waals surface area contributed by atoms with E-state index in [0.717, 1.165) is 15.8 Å². The topological polar surface area (TPSA) is 9.23 Å². The van der Waals surface area contributed by atoms with Crippen LogP contribution < -0.4 is 4.74 Å². The molecule has 0 bridgehead atoms. The summed E-state index contributed by atoms with van der Waals surface area (Å²) in [4.78, 5) is 2.79. The van der Waals surface area contributed by atoms with Gasteiger partial charge in [0, 0.05) is 14.2 Å². The van der Waals surface area contributed by atoms with Crippen LogP contribution in [0, 0.1) is 13.8 Å². The quantitative estimate of drug-likeness (QED) is 0.619. The minimum absolute atomic E-state index is 0.195. The first-order chi connectivity index (χ1) is 8.52. The lowest BCUT2D eigenvalue weighted by Gasteiger charge is -2.12. The third-order valence-electron chi connectivity index (χ3n) is 2.79. The zero-order chi connectivity index (χ0) is 13.3. The van der Waals surface area contributed by atoms with Crippen molar-refractivity contribution in [3.63, 3.8) is 0 Å². The molecule has 18 heavy (non-hydrogen) atoms. The first kappa shape index (κ1) is 14.1. The van der Waals surface area contributed by atoms with Crippen molar-refractivity contribution in [1.82, 2.24) is 0 Å². The standard InChI is InChI=1S/C14H14Br2OS/c1-8-4-5-10(7-12(8)17-3)13(16)14-11(15)6-9(2)18-14/h4-7,13H,1-3H3. The van der Waals surface area contributed by atoms with Gasteiger partial charge in [0.05, 0.1) is 11.9 Å². The summed E-state index contributed by atoms with van der Waals surface area (Å²) in [7, 11) is 1.71. The first-order valence-electron chi connectivity index (χ1n) is 5.57. The molecular formula is C14H14Br2OS. The van der Waals surface area contributed by atoms with E-state index in [4.69, 9.17) is 4.74 Å². The molecule has 0 aliphatic rings. The maximum absolute atomic E-state index is 5.38. The molecule has 1 aromatic heterocycles. The molecule has 0 fully saturated rings. The molecule has 2 rings (SSSR count). The Balaban J connectivity index is 2.39. The number of halogens is 2. The number of methoxy groups -OCH3 is 1. The van der Waals surface area contributed by atoms with Crippen LogP contribution in [0.4, 0.5) is 0 Å². The highest BCUT2D eigenvalue weighted by atomic mass is 79.9. The van der Waals surface area contributed by atoms with Crippen LogP contribution in [0.5, 0.6) is 5.75 Å². The van der Waals surface area contributed by atoms with E-state index in [1.807, 2.05) is 0 Å². The smallest absolute Gasteiger partial charge is 0.122 e. The summed E-state index contributed by atoms with van der Waals surface area (Å²) < 4.78 is 6.54. The molecule has 1 heterocycles. The number of alkyl halides is 1. The zero-order valence-electron chi connectivity index (χ0n) is 10.5. The number of hydrogen-bond donors (Lipinski definition) is 0. The Kier molecular flexibility index (Phi) is 4.51. The molecule has 1 nitrogen and oxygen atoms in total. The minimum atomic E-state index is 0.195. The zero-order valence-corrected chi connectivity index (χ0v) is 14.4. The van der Waals surface area contributed by atoms with Crippen LogP contribution in [0.3, 0.4) is 0 Å². The molecule has 0 radical (unpaired) electrons. The predicted octanol–water partition coefficient (Wildman–Crippen LogP) is 5.62. The van der Waals surface area contributed by atoms with Gasteiger partial charge >= 0.3 is 0 Å². The van der Waals surface area contributed by atoms with Gasteiger partial charge in [-0.05, 0) is 53.0 Å². The van der Waals surface area contributed by atoms with E-state index >= 15 is 0 Å². The SMILES string of the molecule is COc1cc(C(Br)c2sc(C)cc2Br)ccc1C. The van der Waals surface area contributed by atoms with Crippen molar-refractivity contribution >= 4 is 43.2 Å². The highest BCUT2D eigenvalue weighted by molar-refractivity contribution is 9.11. The van der Waals surface area contributed by atoms with Crippen molar-refractivity contribution in [3.8, 4) is 5.75 Å². The molecule has 2 aromatic rings. The lowest BCUT2D eigenvalue weighted by molar-refractivity contribution is 0.411. The summed E-state index contributed by atoms with van der Waals surface area (Å²) in [5.74, 6) is 0.932. The molecule has 0 spiro atoms. The third-order valence-corrected chi connectivity index (χ3v) is 6.11. The van der Waals surface area contributed by atoms with Crippen molar-refractivity contribution in [2.75, 3.05) is 7.11 Å². The Bertz CT molecular complexity index is 563. The second-order valence-corrected chi connectivity index (χ2v) is 7.22. The van der Waals surface area contributed by atoms with Gasteiger partial charge in [-0.1, -0.05) is 28.1 Å². The molecule has 0 amide bonds. The highest BCUT2D eigenvalue weighted by Gasteiger charge is 2.17. The highest BCUT2D eigenvalue weighted by Crippen LogP contribution is 2.41. The lowest BCUT2D eigenvalue weighted by Crippen LogP contribution is -1.94. The molecular weight excluding hydrogens is 376 g/mol. The summed E-state index contributed by atoms with van der Waals surface area (Å²) in [6.45, 7) is 4.17. The Labute approximate surface area is 128 Å². The van der Waals surface area contributed by atoms with Gasteiger partial charge in [0.1, 0.15) is 5.75 Å². The molecule has 0 N–H and O–H groups in total. The van der Waals surface area contributed by atoms with Crippen molar-refractivity contribution in [2.24, 2.45) is 0 Å². The monoisotopic (exact) mass is 388 g/mol. The first-order valence-corrected chi connectivity index (χ1v) is 8.10. The average molecular weight is 390 g/mol. The van der Waals surface area contributed by atoms with E-state index in [0.29, 0.717) is 0 Å². The van der Waals surface area contributed by atoms with Crippen LogP contribution in [0.25, 0.3) is 0 Å². The average Bonchev–Trinajstić information content (AvgIpc) is 2.68. The van der Waals surface area contributed by atoms with E-state index < -0.39 is 0 Å². The van der Waals surface area contributed by atoms with Gasteiger partial charge in [0.2, 0.25) is 0 Å². The van der Waals surface area contributed by atoms with Crippen LogP contribution in [0.2, 0.25) is 0 Å². The number of benzene rings is 1. The Morgan fingerprint density at radius 1 is 1.22 bits per heavy atom. The van der Waals surface area contributed by atoms with Crippen molar-refractivity contribution in [3.05, 3.63) is 49.6 Å². The minimum Gasteiger partial charge on any atom is -0.496 e. The molecule has 0 aliphatic heterocycles. The lowest BCUT2D eigenvalue weighted by atomic mass is 10.1. The van der Waals surface area contributed by atoms with Gasteiger partial charge in [0.15, 0.2) is 0 Å². The van der Waals surface area contributed by atoms with E-state index in [-0.39, 0.29) is 4.83 Å². The molecule has 0 saturated heterocycles. The maximum Gasteiger partial charge on any atom is 0.122 e. The number of ether oxygens (including phenoxy) is 1. The molecule has 0 aliphatic carbocycles. The van der Waals surface area contributed by atoms with Crippen molar-refractivity contribution < 1.29 is 4.74 Å². The number of rotatable bonds is 3. The largest absolute Gasteiger partial charge is 0.496 e. The molecule has 96 valence electrons. The molecule has 0 saturated carbocycles. The van der Waals surface area contributed by atoms with Crippen LogP contribution in [0.15, 0.2) is 28.7 Å². The summed E-state index contributed by atoms with van der Waals surface area (Å²) in [6.07, 6.45) is 0. The fourth-order valence-electron chi connectivity index (χ4n) is 1.82. The van der Waals surface area contributed by atoms with E-state index in [1.54, 1.807) is 18.4 Å². The molecule has 1 aromatic carbocycles. The van der Waals surface area contributed by atoms with E-state index in [9.17, 15) is 0 Å². The second kappa shape index (κ2) is 5.76. The number of hydrogen-bond acceptors (Lipinski definition) is 2. The molecule has 1 atom stereocenters. The summed E-state index contributed by atoms with van der Waals surface area (Å²) >= 11 is 9.19. The van der Waals surface area contributed by atoms with Gasteiger partial charge in [-0.25, -0.2) is 0 Å². The fraction of sp³-hybridized carbons (Fsp3) is 0.286. The van der Waals surface area contributed by atoms with Gasteiger partial charge in [-0.3, -0.25) is 0 Å². The van der Waals surface area contributed by atoms with E-state index in [1.165, 1.54) is 15.3 Å².